The van der Waals surface area contributed by atoms with E-state index in [9.17, 15) is 4.79 Å². The molecule has 2 atom stereocenters. The molecule has 2 unspecified atom stereocenters. The van der Waals surface area contributed by atoms with E-state index in [0.29, 0.717) is 5.92 Å². The predicted octanol–water partition coefficient (Wildman–Crippen LogP) is 4.59. The second-order valence-electron chi connectivity index (χ2n) is 6.29. The van der Waals surface area contributed by atoms with Gasteiger partial charge in [-0.1, -0.05) is 25.5 Å². The number of hydrogen-bond donors (Lipinski definition) is 1. The van der Waals surface area contributed by atoms with Gasteiger partial charge in [-0.25, -0.2) is 0 Å². The number of thioether (sulfide) groups is 1. The van der Waals surface area contributed by atoms with Crippen molar-refractivity contribution in [1.29, 1.82) is 0 Å². The van der Waals surface area contributed by atoms with E-state index in [-0.39, 0.29) is 17.2 Å². The molecule has 1 amide bonds. The molecule has 0 saturated heterocycles. The van der Waals surface area contributed by atoms with Crippen molar-refractivity contribution in [3.63, 3.8) is 0 Å². The first-order chi connectivity index (χ1) is 9.36. The highest BCUT2D eigenvalue weighted by molar-refractivity contribution is 7.98. The number of benzene rings is 1. The zero-order valence-corrected chi connectivity index (χ0v) is 13.7. The van der Waals surface area contributed by atoms with E-state index in [1.807, 2.05) is 30.5 Å². The minimum Gasteiger partial charge on any atom is -0.326 e. The molecule has 0 aliphatic heterocycles. The minimum atomic E-state index is 0.0700. The number of carbonyl (C=O) groups excluding carboxylic acids is 1. The fourth-order valence-corrected chi connectivity index (χ4v) is 3.15. The molecule has 0 aromatic heterocycles. The molecule has 1 fully saturated rings. The van der Waals surface area contributed by atoms with Crippen LogP contribution in [-0.2, 0) is 4.79 Å². The molecule has 1 N–H and O–H groups in total. The van der Waals surface area contributed by atoms with Gasteiger partial charge >= 0.3 is 0 Å². The Morgan fingerprint density at radius 3 is 2.35 bits per heavy atom. The Morgan fingerprint density at radius 2 is 1.85 bits per heavy atom. The van der Waals surface area contributed by atoms with Gasteiger partial charge in [0, 0.05) is 10.6 Å². The van der Waals surface area contributed by atoms with E-state index in [2.05, 4.69) is 39.1 Å². The first kappa shape index (κ1) is 15.2. The summed E-state index contributed by atoms with van der Waals surface area (Å²) in [6, 6.07) is 8.00. The van der Waals surface area contributed by atoms with Gasteiger partial charge in [0.05, 0.1) is 5.92 Å². The molecule has 2 rings (SSSR count). The Balaban J connectivity index is 2.04. The van der Waals surface area contributed by atoms with Gasteiger partial charge in [-0.3, -0.25) is 4.79 Å². The van der Waals surface area contributed by atoms with Gasteiger partial charge in [-0.2, -0.15) is 0 Å². The summed E-state index contributed by atoms with van der Waals surface area (Å²) in [5.41, 5.74) is 2.23. The lowest BCUT2D eigenvalue weighted by Crippen LogP contribution is -2.16. The van der Waals surface area contributed by atoms with Crippen LogP contribution in [0.2, 0.25) is 0 Å². The predicted molar refractivity (Wildman–Crippen MR) is 87.0 cm³/mol. The quantitative estimate of drug-likeness (QED) is 0.649. The molecule has 20 heavy (non-hydrogen) atoms. The van der Waals surface area contributed by atoms with Gasteiger partial charge in [-0.15, -0.1) is 11.8 Å². The van der Waals surface area contributed by atoms with Crippen LogP contribution >= 0.6 is 11.8 Å². The summed E-state index contributed by atoms with van der Waals surface area (Å²) in [4.78, 5) is 13.6. The van der Waals surface area contributed by atoms with Gasteiger partial charge in [0.25, 0.3) is 0 Å². The highest BCUT2D eigenvalue weighted by atomic mass is 32.2. The molecular formula is C17H23NOS. The van der Waals surface area contributed by atoms with Gasteiger partial charge in [-0.05, 0) is 55.7 Å². The molecule has 1 aromatic rings. The minimum absolute atomic E-state index is 0.0700. The number of carbonyl (C=O) groups is 1. The fraction of sp³-hybridized carbons (Fsp3) is 0.471. The Labute approximate surface area is 126 Å². The van der Waals surface area contributed by atoms with E-state index >= 15 is 0 Å². The lowest BCUT2D eigenvalue weighted by Gasteiger charge is -2.06. The van der Waals surface area contributed by atoms with E-state index < -0.39 is 0 Å². The lowest BCUT2D eigenvalue weighted by atomic mass is 10.1. The first-order valence-electron chi connectivity index (χ1n) is 6.96. The monoisotopic (exact) mass is 289 g/mol. The molecule has 1 saturated carbocycles. The average Bonchev–Trinajstić information content (AvgIpc) is 2.91. The molecule has 3 heteroatoms. The third kappa shape index (κ3) is 3.09. The van der Waals surface area contributed by atoms with Crippen LogP contribution in [0, 0.1) is 17.3 Å². The van der Waals surface area contributed by atoms with Crippen molar-refractivity contribution in [2.75, 3.05) is 11.6 Å². The largest absolute Gasteiger partial charge is 0.326 e. The van der Waals surface area contributed by atoms with E-state index in [0.717, 1.165) is 5.69 Å². The van der Waals surface area contributed by atoms with Crippen LogP contribution in [-0.4, -0.2) is 12.2 Å². The van der Waals surface area contributed by atoms with Crippen molar-refractivity contribution in [1.82, 2.24) is 0 Å². The molecular weight excluding hydrogens is 266 g/mol. The van der Waals surface area contributed by atoms with E-state index in [4.69, 9.17) is 0 Å². The number of amides is 1. The summed E-state index contributed by atoms with van der Waals surface area (Å²) in [7, 11) is 0. The molecule has 0 radical (unpaired) electrons. The van der Waals surface area contributed by atoms with E-state index in [1.165, 1.54) is 10.5 Å². The molecule has 0 heterocycles. The smallest absolute Gasteiger partial charge is 0.228 e. The SMILES string of the molecule is CSc1ccc(NC(=O)C2C(C=C(C)C)C2(C)C)cc1. The molecule has 1 aromatic carbocycles. The third-order valence-corrected chi connectivity index (χ3v) is 4.81. The second-order valence-corrected chi connectivity index (χ2v) is 7.17. The third-order valence-electron chi connectivity index (χ3n) is 4.06. The summed E-state index contributed by atoms with van der Waals surface area (Å²) >= 11 is 1.70. The zero-order valence-electron chi connectivity index (χ0n) is 12.9. The molecule has 0 bridgehead atoms. The van der Waals surface area contributed by atoms with Crippen molar-refractivity contribution in [3.8, 4) is 0 Å². The molecule has 0 spiro atoms. The van der Waals surface area contributed by atoms with Crippen LogP contribution in [0.25, 0.3) is 0 Å². The normalized spacial score (nSPS) is 23.1. The Kier molecular flexibility index (Phi) is 4.28. The van der Waals surface area contributed by atoms with Gasteiger partial charge in [0.2, 0.25) is 5.91 Å². The van der Waals surface area contributed by atoms with Crippen LogP contribution < -0.4 is 5.32 Å². The first-order valence-corrected chi connectivity index (χ1v) is 8.18. The highest BCUT2D eigenvalue weighted by Crippen LogP contribution is 2.59. The topological polar surface area (TPSA) is 29.1 Å². The van der Waals surface area contributed by atoms with Crippen molar-refractivity contribution < 1.29 is 4.79 Å². The van der Waals surface area contributed by atoms with Gasteiger partial charge in [0.1, 0.15) is 0 Å². The average molecular weight is 289 g/mol. The second kappa shape index (κ2) is 5.65. The summed E-state index contributed by atoms with van der Waals surface area (Å²) in [6.07, 6.45) is 4.27. The van der Waals surface area contributed by atoms with Crippen molar-refractivity contribution in [2.45, 2.75) is 32.6 Å². The number of anilines is 1. The Bertz CT molecular complexity index is 526. The maximum absolute atomic E-state index is 12.4. The fourth-order valence-electron chi connectivity index (χ4n) is 2.74. The number of hydrogen-bond acceptors (Lipinski definition) is 2. The molecule has 1 aliphatic carbocycles. The van der Waals surface area contributed by atoms with Crippen LogP contribution in [0.5, 0.6) is 0 Å². The lowest BCUT2D eigenvalue weighted by molar-refractivity contribution is -0.118. The molecule has 108 valence electrons. The van der Waals surface area contributed by atoms with Crippen molar-refractivity contribution in [3.05, 3.63) is 35.9 Å². The molecule has 2 nitrogen and oxygen atoms in total. The van der Waals surface area contributed by atoms with Gasteiger partial charge < -0.3 is 5.32 Å². The van der Waals surface area contributed by atoms with Crippen LogP contribution in [0.3, 0.4) is 0 Å². The van der Waals surface area contributed by atoms with Crippen LogP contribution in [0.4, 0.5) is 5.69 Å². The number of allylic oxidation sites excluding steroid dienone is 2. The Hall–Kier alpha value is -1.22. The van der Waals surface area contributed by atoms with Crippen molar-refractivity contribution >= 4 is 23.4 Å². The molecule has 1 aliphatic rings. The van der Waals surface area contributed by atoms with Crippen molar-refractivity contribution in [2.24, 2.45) is 17.3 Å². The van der Waals surface area contributed by atoms with E-state index in [1.54, 1.807) is 11.8 Å². The standard InChI is InChI=1S/C17H23NOS/c1-11(2)10-14-15(17(14,3)4)16(19)18-12-6-8-13(20-5)9-7-12/h6-10,14-15H,1-5H3,(H,18,19). The maximum Gasteiger partial charge on any atom is 0.228 e. The summed E-state index contributed by atoms with van der Waals surface area (Å²) in [5.74, 6) is 0.574. The van der Waals surface area contributed by atoms with Gasteiger partial charge in [0.15, 0.2) is 0 Å². The summed E-state index contributed by atoms with van der Waals surface area (Å²) in [6.45, 7) is 8.51. The number of nitrogens with one attached hydrogen (secondary N) is 1. The van der Waals surface area contributed by atoms with Crippen LogP contribution in [0.15, 0.2) is 40.8 Å². The van der Waals surface area contributed by atoms with Crippen LogP contribution in [0.1, 0.15) is 27.7 Å². The maximum atomic E-state index is 12.4. The highest BCUT2D eigenvalue weighted by Gasteiger charge is 2.60. The zero-order chi connectivity index (χ0) is 14.9. The Morgan fingerprint density at radius 1 is 1.25 bits per heavy atom. The number of rotatable bonds is 4. The summed E-state index contributed by atoms with van der Waals surface area (Å²) in [5, 5.41) is 3.04. The summed E-state index contributed by atoms with van der Waals surface area (Å²) < 4.78 is 0.